The number of piperazine rings is 1. The zero-order valence-corrected chi connectivity index (χ0v) is 21.4. The van der Waals surface area contributed by atoms with Gasteiger partial charge in [-0.05, 0) is 31.2 Å². The Balaban J connectivity index is 1.21. The molecule has 2 aliphatic rings. The highest BCUT2D eigenvalue weighted by atomic mass is 35.5. The third-order valence-corrected chi connectivity index (χ3v) is 7.12. The van der Waals surface area contributed by atoms with Crippen molar-refractivity contribution in [1.82, 2.24) is 20.2 Å². The van der Waals surface area contributed by atoms with Crippen LogP contribution in [0, 0.1) is 0 Å². The molecule has 1 N–H and O–H groups in total. The van der Waals surface area contributed by atoms with Crippen LogP contribution in [0.2, 0.25) is 10.2 Å². The van der Waals surface area contributed by atoms with E-state index in [0.29, 0.717) is 16.9 Å². The van der Waals surface area contributed by atoms with Gasteiger partial charge in [-0.3, -0.25) is 9.69 Å². The van der Waals surface area contributed by atoms with E-state index < -0.39 is 0 Å². The normalized spacial score (nSPS) is 17.1. The number of carbonyl (C=O) groups excluding carboxylic acids is 1. The highest BCUT2D eigenvalue weighted by Gasteiger charge is 2.20. The summed E-state index contributed by atoms with van der Waals surface area (Å²) >= 11 is 13.7. The summed E-state index contributed by atoms with van der Waals surface area (Å²) in [7, 11) is 0. The molecule has 1 amide bonds. The van der Waals surface area contributed by atoms with E-state index in [2.05, 4.69) is 36.1 Å². The summed E-state index contributed by atoms with van der Waals surface area (Å²) in [6.07, 6.45) is 0.926. The van der Waals surface area contributed by atoms with E-state index in [0.717, 1.165) is 82.0 Å². The van der Waals surface area contributed by atoms with Crippen LogP contribution in [0.5, 0.6) is 0 Å². The number of amides is 1. The monoisotopic (exact) mass is 524 g/mol. The van der Waals surface area contributed by atoms with Crippen molar-refractivity contribution in [1.29, 1.82) is 0 Å². The van der Waals surface area contributed by atoms with Gasteiger partial charge in [0.1, 0.15) is 11.0 Å². The lowest BCUT2D eigenvalue weighted by Gasteiger charge is -2.36. The lowest BCUT2D eigenvalue weighted by Crippen LogP contribution is -2.46. The number of nitrogens with one attached hydrogen (secondary N) is 1. The van der Waals surface area contributed by atoms with Gasteiger partial charge in [-0.25, -0.2) is 9.97 Å². The molecule has 0 radical (unpaired) electrons. The first-order valence-corrected chi connectivity index (χ1v) is 13.3. The largest absolute Gasteiger partial charge is 0.379 e. The fourth-order valence-corrected chi connectivity index (χ4v) is 5.11. The maximum Gasteiger partial charge on any atom is 0.230 e. The van der Waals surface area contributed by atoms with Gasteiger partial charge < -0.3 is 19.9 Å². The first kappa shape index (κ1) is 25.3. The molecule has 2 aromatic rings. The van der Waals surface area contributed by atoms with Crippen LogP contribution < -0.4 is 15.1 Å². The van der Waals surface area contributed by atoms with Crippen molar-refractivity contribution in [2.24, 2.45) is 0 Å². The molecule has 34 heavy (non-hydrogen) atoms. The number of aromatic nitrogens is 2. The third kappa shape index (κ3) is 7.61. The summed E-state index contributed by atoms with van der Waals surface area (Å²) in [5.41, 5.74) is 1.13. The number of rotatable bonds is 9. The van der Waals surface area contributed by atoms with Gasteiger partial charge in [-0.2, -0.15) is 0 Å². The summed E-state index contributed by atoms with van der Waals surface area (Å²) in [6, 6.07) is 9.70. The van der Waals surface area contributed by atoms with E-state index in [4.69, 9.17) is 27.9 Å². The standard InChI is InChI=1S/C23H30Cl2N6O2S/c24-18-3-1-4-19(15-18)30-7-9-31(10-8-30)21-16-20(25)27-23(28-21)34-17-22(32)26-5-2-6-29-11-13-33-14-12-29/h1,3-4,15-16H,2,5-14,17H2,(H,26,32). The molecule has 2 saturated heterocycles. The van der Waals surface area contributed by atoms with Crippen molar-refractivity contribution >= 4 is 52.4 Å². The molecular weight excluding hydrogens is 495 g/mol. The molecule has 4 rings (SSSR count). The van der Waals surface area contributed by atoms with Crippen LogP contribution in [-0.2, 0) is 9.53 Å². The molecule has 0 bridgehead atoms. The number of ether oxygens (including phenoxy) is 1. The number of thioether (sulfide) groups is 1. The fraction of sp³-hybridized carbons (Fsp3) is 0.522. The summed E-state index contributed by atoms with van der Waals surface area (Å²) in [6.45, 7) is 8.50. The second-order valence-electron chi connectivity index (χ2n) is 8.23. The number of benzene rings is 1. The highest BCUT2D eigenvalue weighted by Crippen LogP contribution is 2.25. The summed E-state index contributed by atoms with van der Waals surface area (Å²) in [4.78, 5) is 28.1. The molecule has 8 nitrogen and oxygen atoms in total. The lowest BCUT2D eigenvalue weighted by molar-refractivity contribution is -0.118. The van der Waals surface area contributed by atoms with Gasteiger partial charge in [0.15, 0.2) is 5.16 Å². The van der Waals surface area contributed by atoms with E-state index in [1.807, 2.05) is 18.2 Å². The molecule has 0 unspecified atom stereocenters. The van der Waals surface area contributed by atoms with Crippen molar-refractivity contribution in [3.05, 3.63) is 40.5 Å². The molecule has 11 heteroatoms. The van der Waals surface area contributed by atoms with E-state index in [9.17, 15) is 4.79 Å². The van der Waals surface area contributed by atoms with Gasteiger partial charge in [0, 0.05) is 62.6 Å². The molecular formula is C23H30Cl2N6O2S. The molecule has 0 spiro atoms. The molecule has 1 aromatic heterocycles. The van der Waals surface area contributed by atoms with Crippen molar-refractivity contribution in [3.8, 4) is 0 Å². The van der Waals surface area contributed by atoms with Gasteiger partial charge in [0.05, 0.1) is 19.0 Å². The van der Waals surface area contributed by atoms with Crippen LogP contribution in [0.4, 0.5) is 11.5 Å². The van der Waals surface area contributed by atoms with Gasteiger partial charge >= 0.3 is 0 Å². The topological polar surface area (TPSA) is 73.8 Å². The van der Waals surface area contributed by atoms with Crippen molar-refractivity contribution in [2.45, 2.75) is 11.6 Å². The molecule has 0 aliphatic carbocycles. The first-order chi connectivity index (χ1) is 16.6. The number of hydrogen-bond acceptors (Lipinski definition) is 8. The zero-order chi connectivity index (χ0) is 23.8. The minimum absolute atomic E-state index is 0.0211. The quantitative estimate of drug-likeness (QED) is 0.232. The average molecular weight is 526 g/mol. The number of morpholine rings is 1. The van der Waals surface area contributed by atoms with Crippen LogP contribution >= 0.6 is 35.0 Å². The lowest BCUT2D eigenvalue weighted by atomic mass is 10.2. The number of carbonyl (C=O) groups is 1. The van der Waals surface area contributed by atoms with Crippen molar-refractivity contribution in [3.63, 3.8) is 0 Å². The Morgan fingerprint density at radius 3 is 2.56 bits per heavy atom. The Bertz CT molecular complexity index is 955. The maximum absolute atomic E-state index is 12.3. The van der Waals surface area contributed by atoms with E-state index >= 15 is 0 Å². The summed E-state index contributed by atoms with van der Waals surface area (Å²) in [5, 5.41) is 4.62. The smallest absolute Gasteiger partial charge is 0.230 e. The van der Waals surface area contributed by atoms with Gasteiger partial charge in [0.25, 0.3) is 0 Å². The predicted octanol–water partition coefficient (Wildman–Crippen LogP) is 3.04. The van der Waals surface area contributed by atoms with E-state index in [-0.39, 0.29) is 11.7 Å². The van der Waals surface area contributed by atoms with E-state index in [1.165, 1.54) is 11.8 Å². The van der Waals surface area contributed by atoms with Crippen molar-refractivity contribution < 1.29 is 9.53 Å². The number of halogens is 2. The number of nitrogens with zero attached hydrogens (tertiary/aromatic N) is 5. The zero-order valence-electron chi connectivity index (χ0n) is 19.1. The molecule has 1 aromatic carbocycles. The molecule has 0 atom stereocenters. The molecule has 3 heterocycles. The molecule has 184 valence electrons. The number of anilines is 2. The first-order valence-electron chi connectivity index (χ1n) is 11.6. The molecule has 2 aliphatic heterocycles. The molecule has 0 saturated carbocycles. The Morgan fingerprint density at radius 2 is 1.79 bits per heavy atom. The predicted molar refractivity (Wildman–Crippen MR) is 139 cm³/mol. The minimum atomic E-state index is -0.0211. The van der Waals surface area contributed by atoms with Crippen LogP contribution in [-0.4, -0.2) is 92.1 Å². The highest BCUT2D eigenvalue weighted by molar-refractivity contribution is 7.99. The van der Waals surface area contributed by atoms with Crippen LogP contribution in [0.25, 0.3) is 0 Å². The Labute approximate surface area is 214 Å². The van der Waals surface area contributed by atoms with Gasteiger partial charge in [-0.1, -0.05) is 41.0 Å². The van der Waals surface area contributed by atoms with Crippen LogP contribution in [0.3, 0.4) is 0 Å². The SMILES string of the molecule is O=C(CSc1nc(Cl)cc(N2CCN(c3cccc(Cl)c3)CC2)n1)NCCCN1CCOCC1. The Morgan fingerprint density at radius 1 is 1.03 bits per heavy atom. The average Bonchev–Trinajstić information content (AvgIpc) is 2.86. The van der Waals surface area contributed by atoms with Crippen molar-refractivity contribution in [2.75, 3.05) is 81.1 Å². The minimum Gasteiger partial charge on any atom is -0.379 e. The maximum atomic E-state index is 12.3. The number of hydrogen-bond donors (Lipinski definition) is 1. The van der Waals surface area contributed by atoms with Gasteiger partial charge in [0.2, 0.25) is 5.91 Å². The van der Waals surface area contributed by atoms with Crippen LogP contribution in [0.1, 0.15) is 6.42 Å². The fourth-order valence-electron chi connectivity index (χ4n) is 4.01. The summed E-state index contributed by atoms with van der Waals surface area (Å²) < 4.78 is 5.36. The Hall–Kier alpha value is -1.78. The molecule has 2 fully saturated rings. The Kier molecular flexibility index (Phi) is 9.52. The van der Waals surface area contributed by atoms with Gasteiger partial charge in [-0.15, -0.1) is 0 Å². The second kappa shape index (κ2) is 12.8. The van der Waals surface area contributed by atoms with Crippen LogP contribution in [0.15, 0.2) is 35.5 Å². The third-order valence-electron chi connectivity index (χ3n) is 5.85. The van der Waals surface area contributed by atoms with E-state index in [1.54, 1.807) is 6.07 Å². The summed E-state index contributed by atoms with van der Waals surface area (Å²) in [5.74, 6) is 1.03. The second-order valence-corrected chi connectivity index (χ2v) is 10.00.